The highest BCUT2D eigenvalue weighted by molar-refractivity contribution is 6.09. The molecular weight excluding hydrogens is 196 g/mol. The summed E-state index contributed by atoms with van der Waals surface area (Å²) in [6.07, 6.45) is 3.92. The fourth-order valence-electron chi connectivity index (χ4n) is 1.14. The summed E-state index contributed by atoms with van der Waals surface area (Å²) >= 11 is 0. The molecule has 0 aromatic rings. The molecule has 0 heterocycles. The van der Waals surface area contributed by atoms with Crippen LogP contribution in [0.2, 0.25) is 6.04 Å². The lowest BCUT2D eigenvalue weighted by molar-refractivity contribution is -0.345. The van der Waals surface area contributed by atoms with Gasteiger partial charge in [-0.05, 0) is 26.8 Å². The van der Waals surface area contributed by atoms with Gasteiger partial charge in [0.15, 0.2) is 0 Å². The van der Waals surface area contributed by atoms with E-state index in [1.807, 2.05) is 32.9 Å². The molecule has 0 aliphatic carbocycles. The topological polar surface area (TPSA) is 27.7 Å². The van der Waals surface area contributed by atoms with Crippen LogP contribution in [0.5, 0.6) is 0 Å². The zero-order chi connectivity index (χ0) is 10.9. The first-order valence-electron chi connectivity index (χ1n) is 5.34. The fraction of sp³-hybridized carbons (Fsp3) is 0.800. The molecule has 0 spiro atoms. The zero-order valence-corrected chi connectivity index (χ0v) is 11.7. The maximum atomic E-state index is 5.50. The molecule has 0 atom stereocenters. The summed E-state index contributed by atoms with van der Waals surface area (Å²) in [6, 6.07) is 1.08. The molecule has 4 heteroatoms. The minimum Gasteiger partial charge on any atom is -0.324 e. The number of hydrogen-bond acceptors (Lipinski definition) is 3. The van der Waals surface area contributed by atoms with E-state index in [0.717, 1.165) is 16.3 Å². The number of rotatable bonds is 8. The molecule has 0 N–H and O–H groups in total. The van der Waals surface area contributed by atoms with E-state index in [1.54, 1.807) is 0 Å². The summed E-state index contributed by atoms with van der Waals surface area (Å²) in [5.74, 6) is -0.956. The summed E-state index contributed by atoms with van der Waals surface area (Å²) in [6.45, 7) is 7.52. The Balaban J connectivity index is 4.45. The Morgan fingerprint density at radius 2 is 1.43 bits per heavy atom. The highest BCUT2D eigenvalue weighted by Crippen LogP contribution is 2.17. The van der Waals surface area contributed by atoms with Gasteiger partial charge >= 0.3 is 5.97 Å². The zero-order valence-electron chi connectivity index (χ0n) is 9.71. The van der Waals surface area contributed by atoms with Crippen molar-refractivity contribution < 1.29 is 14.2 Å². The third-order valence-electron chi connectivity index (χ3n) is 1.59. The van der Waals surface area contributed by atoms with Gasteiger partial charge in [-0.25, -0.2) is 0 Å². The van der Waals surface area contributed by atoms with Gasteiger partial charge in [0.2, 0.25) is 0 Å². The third kappa shape index (κ3) is 4.90. The Labute approximate surface area is 89.8 Å². The van der Waals surface area contributed by atoms with E-state index in [9.17, 15) is 0 Å². The molecule has 0 fully saturated rings. The minimum absolute atomic E-state index is 0.575. The number of allylic oxidation sites excluding steroid dienone is 1. The van der Waals surface area contributed by atoms with Gasteiger partial charge in [-0.2, -0.15) is 0 Å². The van der Waals surface area contributed by atoms with E-state index in [4.69, 9.17) is 14.2 Å². The second-order valence-electron chi connectivity index (χ2n) is 2.71. The maximum Gasteiger partial charge on any atom is 0.304 e. The molecule has 14 heavy (non-hydrogen) atoms. The van der Waals surface area contributed by atoms with Gasteiger partial charge in [0, 0.05) is 36.1 Å². The maximum absolute atomic E-state index is 5.50. The number of ether oxygens (including phenoxy) is 3. The molecular formula is C10H22O3Si. The molecule has 0 bridgehead atoms. The molecule has 0 unspecified atom stereocenters. The first-order chi connectivity index (χ1) is 6.74. The molecule has 0 amide bonds. The van der Waals surface area contributed by atoms with E-state index in [0.29, 0.717) is 19.8 Å². The van der Waals surface area contributed by atoms with Gasteiger partial charge in [-0.15, -0.1) is 0 Å². The van der Waals surface area contributed by atoms with E-state index in [-0.39, 0.29) is 0 Å². The van der Waals surface area contributed by atoms with Crippen LogP contribution in [-0.4, -0.2) is 36.0 Å². The average molecular weight is 218 g/mol. The van der Waals surface area contributed by atoms with Crippen LogP contribution in [0.3, 0.4) is 0 Å². The average Bonchev–Trinajstić information content (AvgIpc) is 2.16. The van der Waals surface area contributed by atoms with Crippen molar-refractivity contribution in [1.29, 1.82) is 0 Å². The summed E-state index contributed by atoms with van der Waals surface area (Å²) in [4.78, 5) is 0. The Hall–Kier alpha value is -0.163. The van der Waals surface area contributed by atoms with Crippen molar-refractivity contribution >= 4 is 10.2 Å². The standard InChI is InChI=1S/C10H22O3Si/c1-4-11-10(12-5-2,13-6-3)8-7-9-14/h7-8H,4-6,9H2,1-3,14H3. The molecule has 0 saturated carbocycles. The molecule has 0 aromatic carbocycles. The summed E-state index contributed by atoms with van der Waals surface area (Å²) < 4.78 is 16.5. The lowest BCUT2D eigenvalue weighted by Gasteiger charge is -2.29. The van der Waals surface area contributed by atoms with Crippen molar-refractivity contribution in [3.8, 4) is 0 Å². The fourth-order valence-corrected chi connectivity index (χ4v) is 1.37. The molecule has 3 nitrogen and oxygen atoms in total. The second-order valence-corrected chi connectivity index (χ2v) is 3.53. The van der Waals surface area contributed by atoms with E-state index in [1.165, 1.54) is 0 Å². The van der Waals surface area contributed by atoms with Crippen molar-refractivity contribution in [3.05, 3.63) is 12.2 Å². The van der Waals surface area contributed by atoms with Crippen LogP contribution in [0.1, 0.15) is 20.8 Å². The molecule has 84 valence electrons. The van der Waals surface area contributed by atoms with Gasteiger partial charge < -0.3 is 14.2 Å². The monoisotopic (exact) mass is 218 g/mol. The van der Waals surface area contributed by atoms with Crippen LogP contribution >= 0.6 is 0 Å². The Kier molecular flexibility index (Phi) is 8.08. The minimum atomic E-state index is -0.956. The van der Waals surface area contributed by atoms with E-state index >= 15 is 0 Å². The quantitative estimate of drug-likeness (QED) is 0.347. The van der Waals surface area contributed by atoms with Crippen LogP contribution in [0, 0.1) is 0 Å². The lowest BCUT2D eigenvalue weighted by atomic mass is 10.4. The highest BCUT2D eigenvalue weighted by atomic mass is 28.1. The van der Waals surface area contributed by atoms with Crippen molar-refractivity contribution in [2.24, 2.45) is 0 Å². The SMILES string of the molecule is CCOC(C=CC[SiH3])(OCC)OCC. The Bertz CT molecular complexity index is 142. The van der Waals surface area contributed by atoms with Crippen molar-refractivity contribution in [2.45, 2.75) is 32.8 Å². The summed E-state index contributed by atoms with van der Waals surface area (Å²) in [5, 5.41) is 0. The first kappa shape index (κ1) is 13.8. The molecule has 0 radical (unpaired) electrons. The van der Waals surface area contributed by atoms with E-state index < -0.39 is 5.97 Å². The van der Waals surface area contributed by atoms with Gasteiger partial charge in [-0.1, -0.05) is 6.08 Å². The Morgan fingerprint density at radius 1 is 1.00 bits per heavy atom. The Morgan fingerprint density at radius 3 is 1.71 bits per heavy atom. The van der Waals surface area contributed by atoms with Crippen LogP contribution in [-0.2, 0) is 14.2 Å². The van der Waals surface area contributed by atoms with Crippen LogP contribution in [0.25, 0.3) is 0 Å². The number of hydrogen-bond donors (Lipinski definition) is 0. The third-order valence-corrected chi connectivity index (χ3v) is 2.07. The van der Waals surface area contributed by atoms with Gasteiger partial charge in [-0.3, -0.25) is 0 Å². The van der Waals surface area contributed by atoms with Crippen molar-refractivity contribution in [2.75, 3.05) is 19.8 Å². The van der Waals surface area contributed by atoms with Gasteiger partial charge in [0.1, 0.15) is 0 Å². The van der Waals surface area contributed by atoms with Gasteiger partial charge in [0.05, 0.1) is 0 Å². The smallest absolute Gasteiger partial charge is 0.304 e. The summed E-state index contributed by atoms with van der Waals surface area (Å²) in [7, 11) is 1.14. The second kappa shape index (κ2) is 8.17. The van der Waals surface area contributed by atoms with Crippen LogP contribution in [0.15, 0.2) is 12.2 Å². The first-order valence-corrected chi connectivity index (χ1v) is 6.75. The summed E-state index contributed by atoms with van der Waals surface area (Å²) in [5.41, 5.74) is 0. The molecule has 0 aliphatic heterocycles. The van der Waals surface area contributed by atoms with Crippen molar-refractivity contribution in [3.63, 3.8) is 0 Å². The molecule has 0 saturated heterocycles. The highest BCUT2D eigenvalue weighted by Gasteiger charge is 2.28. The lowest BCUT2D eigenvalue weighted by Crippen LogP contribution is -2.37. The van der Waals surface area contributed by atoms with Crippen LogP contribution < -0.4 is 0 Å². The normalized spacial score (nSPS) is 12.8. The predicted molar refractivity (Wildman–Crippen MR) is 61.5 cm³/mol. The predicted octanol–water partition coefficient (Wildman–Crippen LogP) is 1.09. The largest absolute Gasteiger partial charge is 0.324 e. The molecule has 0 aromatic heterocycles. The van der Waals surface area contributed by atoms with E-state index in [2.05, 4.69) is 0 Å². The molecule has 0 aliphatic rings. The van der Waals surface area contributed by atoms with Gasteiger partial charge in [0.25, 0.3) is 0 Å². The van der Waals surface area contributed by atoms with Crippen LogP contribution in [0.4, 0.5) is 0 Å². The van der Waals surface area contributed by atoms with Crippen molar-refractivity contribution in [1.82, 2.24) is 0 Å². The molecule has 0 rings (SSSR count).